The first kappa shape index (κ1) is 12.3. The maximum absolute atomic E-state index is 11.9. The number of carbonyl (C=O) groups excluding carboxylic acids is 1. The summed E-state index contributed by atoms with van der Waals surface area (Å²) >= 11 is 1.81. The molecule has 1 aromatic rings. The molecular formula is C9H6F3IO2. The van der Waals surface area contributed by atoms with Crippen molar-refractivity contribution in [1.29, 1.82) is 0 Å². The lowest BCUT2D eigenvalue weighted by molar-refractivity contribution is -0.153. The van der Waals surface area contributed by atoms with E-state index in [4.69, 9.17) is 0 Å². The van der Waals surface area contributed by atoms with Crippen LogP contribution in [0.25, 0.3) is 0 Å². The fourth-order valence-electron chi connectivity index (χ4n) is 0.925. The summed E-state index contributed by atoms with van der Waals surface area (Å²) in [5.74, 6) is -0.0228. The molecule has 0 spiro atoms. The zero-order valence-electron chi connectivity index (χ0n) is 7.34. The van der Waals surface area contributed by atoms with Gasteiger partial charge in [0.05, 0.1) is 9.13 Å². The van der Waals surface area contributed by atoms with E-state index in [1.807, 2.05) is 22.6 Å². The second-order valence-corrected chi connectivity index (χ2v) is 3.84. The quantitative estimate of drug-likeness (QED) is 0.629. The summed E-state index contributed by atoms with van der Waals surface area (Å²) in [4.78, 5) is 10.5. The van der Waals surface area contributed by atoms with Crippen molar-refractivity contribution in [3.8, 4) is 5.75 Å². The molecule has 0 aromatic heterocycles. The third-order valence-electron chi connectivity index (χ3n) is 1.50. The van der Waals surface area contributed by atoms with Gasteiger partial charge in [0.2, 0.25) is 0 Å². The van der Waals surface area contributed by atoms with Crippen LogP contribution in [0.4, 0.5) is 13.2 Å². The number of benzene rings is 1. The maximum Gasteiger partial charge on any atom is 0.422 e. The summed E-state index contributed by atoms with van der Waals surface area (Å²) in [6, 6.07) is 4.55. The minimum atomic E-state index is -4.40. The molecule has 0 saturated heterocycles. The van der Waals surface area contributed by atoms with Crippen molar-refractivity contribution in [3.63, 3.8) is 0 Å². The van der Waals surface area contributed by atoms with E-state index in [0.29, 0.717) is 9.86 Å². The second kappa shape index (κ2) is 4.82. The van der Waals surface area contributed by atoms with Gasteiger partial charge in [0.15, 0.2) is 12.9 Å². The smallest absolute Gasteiger partial charge is 0.422 e. The highest BCUT2D eigenvalue weighted by Crippen LogP contribution is 2.26. The molecule has 0 N–H and O–H groups in total. The van der Waals surface area contributed by atoms with Gasteiger partial charge < -0.3 is 4.74 Å². The van der Waals surface area contributed by atoms with Gasteiger partial charge in [0.1, 0.15) is 5.75 Å². The summed E-state index contributed by atoms with van der Waals surface area (Å²) in [5.41, 5.74) is 0.117. The highest BCUT2D eigenvalue weighted by molar-refractivity contribution is 14.1. The number of halogens is 4. The first-order valence-electron chi connectivity index (χ1n) is 3.87. The van der Waals surface area contributed by atoms with Crippen LogP contribution in [0.15, 0.2) is 18.2 Å². The van der Waals surface area contributed by atoms with Crippen LogP contribution >= 0.6 is 22.6 Å². The van der Waals surface area contributed by atoms with Crippen molar-refractivity contribution in [2.45, 2.75) is 6.18 Å². The van der Waals surface area contributed by atoms with Gasteiger partial charge >= 0.3 is 6.18 Å². The molecule has 0 saturated carbocycles. The molecule has 15 heavy (non-hydrogen) atoms. The summed E-state index contributed by atoms with van der Waals surface area (Å²) in [6.07, 6.45) is -3.94. The highest BCUT2D eigenvalue weighted by atomic mass is 127. The number of hydrogen-bond acceptors (Lipinski definition) is 2. The predicted molar refractivity (Wildman–Crippen MR) is 56.1 cm³/mol. The van der Waals surface area contributed by atoms with Crippen LogP contribution in [0, 0.1) is 3.57 Å². The molecule has 1 rings (SSSR count). The first-order valence-corrected chi connectivity index (χ1v) is 4.95. The van der Waals surface area contributed by atoms with E-state index in [0.717, 1.165) is 0 Å². The van der Waals surface area contributed by atoms with Gasteiger partial charge in [-0.25, -0.2) is 0 Å². The topological polar surface area (TPSA) is 26.3 Å². The lowest BCUT2D eigenvalue weighted by Crippen LogP contribution is -2.20. The summed E-state index contributed by atoms with van der Waals surface area (Å²) in [6.45, 7) is -1.39. The number of aldehydes is 1. The molecule has 0 heterocycles. The average molecular weight is 330 g/mol. The third-order valence-corrected chi connectivity index (χ3v) is 2.35. The Hall–Kier alpha value is -0.790. The number of carbonyl (C=O) groups is 1. The summed E-state index contributed by atoms with van der Waals surface area (Å²) < 4.78 is 40.7. The number of para-hydroxylation sites is 1. The normalized spacial score (nSPS) is 11.2. The fourth-order valence-corrected chi connectivity index (χ4v) is 1.60. The van der Waals surface area contributed by atoms with Crippen molar-refractivity contribution in [2.24, 2.45) is 0 Å². The minimum Gasteiger partial charge on any atom is -0.482 e. The molecule has 0 aliphatic carbocycles. The van der Waals surface area contributed by atoms with E-state index >= 15 is 0 Å². The molecule has 0 atom stereocenters. The Kier molecular flexibility index (Phi) is 3.95. The molecule has 0 radical (unpaired) electrons. The van der Waals surface area contributed by atoms with Gasteiger partial charge in [-0.1, -0.05) is 6.07 Å². The zero-order valence-corrected chi connectivity index (χ0v) is 9.50. The third kappa shape index (κ3) is 3.69. The van der Waals surface area contributed by atoms with E-state index in [2.05, 4.69) is 4.74 Å². The molecule has 1 aromatic carbocycles. The van der Waals surface area contributed by atoms with E-state index in [1.54, 1.807) is 12.1 Å². The van der Waals surface area contributed by atoms with E-state index in [-0.39, 0.29) is 11.3 Å². The molecule has 2 nitrogen and oxygen atoms in total. The molecule has 0 fully saturated rings. The van der Waals surface area contributed by atoms with Gasteiger partial charge in [-0.3, -0.25) is 4.79 Å². The number of rotatable bonds is 3. The van der Waals surface area contributed by atoms with Crippen LogP contribution < -0.4 is 4.74 Å². The Balaban J connectivity index is 2.88. The monoisotopic (exact) mass is 330 g/mol. The number of alkyl halides is 3. The van der Waals surface area contributed by atoms with Crippen LogP contribution in [-0.4, -0.2) is 19.1 Å². The molecule has 82 valence electrons. The van der Waals surface area contributed by atoms with Gasteiger partial charge in [-0.2, -0.15) is 13.2 Å². The Labute approximate surface area is 97.6 Å². The van der Waals surface area contributed by atoms with Crippen molar-refractivity contribution in [1.82, 2.24) is 0 Å². The number of ether oxygens (including phenoxy) is 1. The van der Waals surface area contributed by atoms with Crippen LogP contribution in [0.1, 0.15) is 10.4 Å². The van der Waals surface area contributed by atoms with Crippen LogP contribution in [0.5, 0.6) is 5.75 Å². The summed E-state index contributed by atoms with van der Waals surface area (Å²) in [7, 11) is 0. The Morgan fingerprint density at radius 3 is 2.60 bits per heavy atom. The Morgan fingerprint density at radius 1 is 1.40 bits per heavy atom. The van der Waals surface area contributed by atoms with Crippen LogP contribution in [0.2, 0.25) is 0 Å². The fraction of sp³-hybridized carbons (Fsp3) is 0.222. The first-order chi connectivity index (χ1) is 6.94. The van der Waals surface area contributed by atoms with E-state index in [9.17, 15) is 18.0 Å². The standard InChI is InChI=1S/C9H6F3IO2/c10-9(11,12)5-15-8-6(4-14)2-1-3-7(8)13/h1-4H,5H2. The lowest BCUT2D eigenvalue weighted by Gasteiger charge is -2.11. The van der Waals surface area contributed by atoms with Crippen LogP contribution in [-0.2, 0) is 0 Å². The Bertz CT molecular complexity index is 363. The van der Waals surface area contributed by atoms with Crippen molar-refractivity contribution >= 4 is 28.9 Å². The minimum absolute atomic E-state index is 0.0228. The second-order valence-electron chi connectivity index (χ2n) is 2.68. The molecule has 0 bridgehead atoms. The molecule has 0 aliphatic rings. The van der Waals surface area contributed by atoms with Crippen molar-refractivity contribution < 1.29 is 22.7 Å². The van der Waals surface area contributed by atoms with Crippen molar-refractivity contribution in [3.05, 3.63) is 27.3 Å². The average Bonchev–Trinajstić information content (AvgIpc) is 2.14. The van der Waals surface area contributed by atoms with Crippen molar-refractivity contribution in [2.75, 3.05) is 6.61 Å². The molecule has 0 unspecified atom stereocenters. The van der Waals surface area contributed by atoms with Gasteiger partial charge in [-0.05, 0) is 34.7 Å². The van der Waals surface area contributed by atoms with E-state index < -0.39 is 12.8 Å². The molecule has 0 aliphatic heterocycles. The molecule has 0 amide bonds. The van der Waals surface area contributed by atoms with E-state index in [1.165, 1.54) is 6.07 Å². The lowest BCUT2D eigenvalue weighted by atomic mass is 10.2. The highest BCUT2D eigenvalue weighted by Gasteiger charge is 2.29. The Morgan fingerprint density at radius 2 is 2.07 bits per heavy atom. The largest absolute Gasteiger partial charge is 0.482 e. The maximum atomic E-state index is 11.9. The van der Waals surface area contributed by atoms with Crippen LogP contribution in [0.3, 0.4) is 0 Å². The van der Waals surface area contributed by atoms with Gasteiger partial charge in [0.25, 0.3) is 0 Å². The van der Waals surface area contributed by atoms with Gasteiger partial charge in [-0.15, -0.1) is 0 Å². The number of hydrogen-bond donors (Lipinski definition) is 0. The SMILES string of the molecule is O=Cc1cccc(I)c1OCC(F)(F)F. The molecular weight excluding hydrogens is 324 g/mol. The zero-order chi connectivity index (χ0) is 11.5. The predicted octanol–water partition coefficient (Wildman–Crippen LogP) is 3.04. The molecule has 6 heteroatoms. The van der Waals surface area contributed by atoms with Gasteiger partial charge in [0, 0.05) is 0 Å². The summed E-state index contributed by atoms with van der Waals surface area (Å²) in [5, 5.41) is 0.